The SMILES string of the molecule is O=C(O)c1ccc(N2CCC[C@@H](CN3CCCC3)C2)c(NS(=O)(=O)c2ccccc2Cl)c1. The quantitative estimate of drug-likeness (QED) is 0.622. The van der Waals surface area contributed by atoms with Crippen molar-refractivity contribution < 1.29 is 18.3 Å². The third-order valence-corrected chi connectivity index (χ3v) is 8.05. The first kappa shape index (κ1) is 22.9. The van der Waals surface area contributed by atoms with Crippen LogP contribution in [-0.4, -0.2) is 57.1 Å². The second-order valence-corrected chi connectivity index (χ2v) is 10.6. The van der Waals surface area contributed by atoms with Crippen LogP contribution in [0.5, 0.6) is 0 Å². The van der Waals surface area contributed by atoms with E-state index in [0.717, 1.165) is 45.6 Å². The molecule has 2 aromatic rings. The van der Waals surface area contributed by atoms with Gasteiger partial charge in [0.25, 0.3) is 10.0 Å². The van der Waals surface area contributed by atoms with Crippen LogP contribution in [0, 0.1) is 5.92 Å². The molecule has 2 fully saturated rings. The van der Waals surface area contributed by atoms with E-state index in [1.165, 1.54) is 37.1 Å². The lowest BCUT2D eigenvalue weighted by atomic mass is 9.96. The van der Waals surface area contributed by atoms with Gasteiger partial charge in [0.15, 0.2) is 0 Å². The lowest BCUT2D eigenvalue weighted by Crippen LogP contribution is -2.40. The van der Waals surface area contributed by atoms with Crippen LogP contribution in [0.15, 0.2) is 47.4 Å². The van der Waals surface area contributed by atoms with Gasteiger partial charge in [0.2, 0.25) is 0 Å². The Morgan fingerprint density at radius 1 is 1.09 bits per heavy atom. The number of halogens is 1. The Morgan fingerprint density at radius 2 is 1.84 bits per heavy atom. The summed E-state index contributed by atoms with van der Waals surface area (Å²) in [4.78, 5) is 16.2. The molecule has 0 unspecified atom stereocenters. The van der Waals surface area contributed by atoms with Crippen LogP contribution in [0.25, 0.3) is 0 Å². The molecule has 0 bridgehead atoms. The molecular formula is C23H28ClN3O4S. The molecule has 0 aliphatic carbocycles. The second-order valence-electron chi connectivity index (χ2n) is 8.53. The summed E-state index contributed by atoms with van der Waals surface area (Å²) < 4.78 is 28.7. The zero-order valence-corrected chi connectivity index (χ0v) is 19.4. The molecule has 2 N–H and O–H groups in total. The van der Waals surface area contributed by atoms with Gasteiger partial charge in [-0.25, -0.2) is 13.2 Å². The number of aromatic carboxylic acids is 1. The fourth-order valence-corrected chi connectivity index (χ4v) is 6.24. The van der Waals surface area contributed by atoms with Crippen molar-refractivity contribution in [2.45, 2.75) is 30.6 Å². The van der Waals surface area contributed by atoms with Gasteiger partial charge in [-0.15, -0.1) is 0 Å². The van der Waals surface area contributed by atoms with Gasteiger partial charge in [0.1, 0.15) is 4.90 Å². The maximum atomic E-state index is 13.1. The highest BCUT2D eigenvalue weighted by Crippen LogP contribution is 2.34. The number of likely N-dealkylation sites (tertiary alicyclic amines) is 1. The van der Waals surface area contributed by atoms with Crippen LogP contribution < -0.4 is 9.62 Å². The van der Waals surface area contributed by atoms with E-state index < -0.39 is 16.0 Å². The minimum Gasteiger partial charge on any atom is -0.478 e. The van der Waals surface area contributed by atoms with Crippen molar-refractivity contribution in [1.82, 2.24) is 4.90 Å². The Morgan fingerprint density at radius 3 is 2.56 bits per heavy atom. The summed E-state index contributed by atoms with van der Waals surface area (Å²) in [6.07, 6.45) is 4.65. The zero-order valence-electron chi connectivity index (χ0n) is 17.8. The Kier molecular flexibility index (Phi) is 6.93. The van der Waals surface area contributed by atoms with E-state index >= 15 is 0 Å². The molecular weight excluding hydrogens is 450 g/mol. The predicted molar refractivity (Wildman–Crippen MR) is 126 cm³/mol. The Balaban J connectivity index is 1.62. The zero-order chi connectivity index (χ0) is 22.7. The Hall–Kier alpha value is -2.29. The van der Waals surface area contributed by atoms with Crippen LogP contribution >= 0.6 is 11.6 Å². The summed E-state index contributed by atoms with van der Waals surface area (Å²) >= 11 is 6.12. The number of piperidine rings is 1. The fourth-order valence-electron chi connectivity index (χ4n) is 4.65. The first-order valence-corrected chi connectivity index (χ1v) is 12.8. The predicted octanol–water partition coefficient (Wildman–Crippen LogP) is 4.15. The summed E-state index contributed by atoms with van der Waals surface area (Å²) in [6.45, 7) is 4.94. The number of sulfonamides is 1. The minimum atomic E-state index is -3.99. The number of hydrogen-bond donors (Lipinski definition) is 2. The third kappa shape index (κ3) is 5.19. The second kappa shape index (κ2) is 9.68. The van der Waals surface area contributed by atoms with Crippen LogP contribution in [0.2, 0.25) is 5.02 Å². The maximum absolute atomic E-state index is 13.1. The monoisotopic (exact) mass is 477 g/mol. The highest BCUT2D eigenvalue weighted by atomic mass is 35.5. The lowest BCUT2D eigenvalue weighted by Gasteiger charge is -2.37. The van der Waals surface area contributed by atoms with E-state index in [0.29, 0.717) is 11.6 Å². The van der Waals surface area contributed by atoms with Crippen LogP contribution in [0.4, 0.5) is 11.4 Å². The Labute approximate surface area is 194 Å². The molecule has 0 aromatic heterocycles. The van der Waals surface area contributed by atoms with Crippen LogP contribution in [-0.2, 0) is 10.0 Å². The Bertz CT molecular complexity index is 1090. The first-order chi connectivity index (χ1) is 15.3. The van der Waals surface area contributed by atoms with E-state index in [-0.39, 0.29) is 21.2 Å². The molecule has 0 radical (unpaired) electrons. The van der Waals surface area contributed by atoms with Crippen molar-refractivity contribution in [2.24, 2.45) is 5.92 Å². The number of carboxylic acids is 1. The summed E-state index contributed by atoms with van der Waals surface area (Å²) in [5.74, 6) is -0.616. The number of carbonyl (C=O) groups is 1. The molecule has 0 spiro atoms. The van der Waals surface area contributed by atoms with E-state index in [9.17, 15) is 18.3 Å². The minimum absolute atomic E-state index is 0.0243. The number of benzene rings is 2. The van der Waals surface area contributed by atoms with Crippen molar-refractivity contribution in [3.05, 3.63) is 53.1 Å². The number of anilines is 2. The fraction of sp³-hybridized carbons (Fsp3) is 0.435. The van der Waals surface area contributed by atoms with E-state index in [2.05, 4.69) is 14.5 Å². The lowest BCUT2D eigenvalue weighted by molar-refractivity contribution is 0.0697. The van der Waals surface area contributed by atoms with Crippen molar-refractivity contribution in [1.29, 1.82) is 0 Å². The van der Waals surface area contributed by atoms with Crippen LogP contribution in [0.3, 0.4) is 0 Å². The van der Waals surface area contributed by atoms with Gasteiger partial charge in [-0.05, 0) is 75.0 Å². The number of carboxylic acid groups (broad SMARTS) is 1. The molecule has 2 saturated heterocycles. The largest absolute Gasteiger partial charge is 0.478 e. The summed E-state index contributed by atoms with van der Waals surface area (Å²) in [5.41, 5.74) is 0.972. The van der Waals surface area contributed by atoms with E-state index in [1.54, 1.807) is 18.2 Å². The summed E-state index contributed by atoms with van der Waals surface area (Å²) in [6, 6.07) is 10.8. The van der Waals surface area contributed by atoms with Gasteiger partial charge in [-0.2, -0.15) is 0 Å². The molecule has 9 heteroatoms. The van der Waals surface area contributed by atoms with Gasteiger partial charge in [0.05, 0.1) is 22.0 Å². The summed E-state index contributed by atoms with van der Waals surface area (Å²) in [7, 11) is -3.99. The smallest absolute Gasteiger partial charge is 0.335 e. The van der Waals surface area contributed by atoms with Gasteiger partial charge in [0, 0.05) is 19.6 Å². The van der Waals surface area contributed by atoms with E-state index in [4.69, 9.17) is 11.6 Å². The molecule has 0 amide bonds. The highest BCUT2D eigenvalue weighted by Gasteiger charge is 2.27. The number of nitrogens with one attached hydrogen (secondary N) is 1. The summed E-state index contributed by atoms with van der Waals surface area (Å²) in [5, 5.41) is 9.56. The molecule has 4 rings (SSSR count). The van der Waals surface area contributed by atoms with Crippen LogP contribution in [0.1, 0.15) is 36.0 Å². The average molecular weight is 478 g/mol. The molecule has 0 saturated carbocycles. The molecule has 1 atom stereocenters. The molecule has 2 aliphatic rings. The average Bonchev–Trinajstić information content (AvgIpc) is 3.27. The van der Waals surface area contributed by atoms with Gasteiger partial charge < -0.3 is 14.9 Å². The van der Waals surface area contributed by atoms with Crippen molar-refractivity contribution in [3.8, 4) is 0 Å². The number of nitrogens with zero attached hydrogens (tertiary/aromatic N) is 2. The molecule has 2 aromatic carbocycles. The normalized spacial score (nSPS) is 19.8. The van der Waals surface area contributed by atoms with Crippen molar-refractivity contribution >= 4 is 39.0 Å². The van der Waals surface area contributed by atoms with Gasteiger partial charge in [-0.1, -0.05) is 23.7 Å². The maximum Gasteiger partial charge on any atom is 0.335 e. The third-order valence-electron chi connectivity index (χ3n) is 6.19. The van der Waals surface area contributed by atoms with Gasteiger partial charge in [-0.3, -0.25) is 4.72 Å². The molecule has 172 valence electrons. The standard InChI is InChI=1S/C23H28ClN3O4S/c24-19-7-1-2-8-22(19)32(30,31)25-20-14-18(23(28)29)9-10-21(20)27-13-5-6-17(16-27)15-26-11-3-4-12-26/h1-2,7-10,14,17,25H,3-6,11-13,15-16H2,(H,28,29)/t17-/m0/s1. The topological polar surface area (TPSA) is 89.9 Å². The van der Waals surface area contributed by atoms with Crippen molar-refractivity contribution in [3.63, 3.8) is 0 Å². The molecule has 2 aliphatic heterocycles. The molecule has 2 heterocycles. The van der Waals surface area contributed by atoms with E-state index in [1.807, 2.05) is 0 Å². The molecule has 7 nitrogen and oxygen atoms in total. The molecule has 32 heavy (non-hydrogen) atoms. The highest BCUT2D eigenvalue weighted by molar-refractivity contribution is 7.92. The first-order valence-electron chi connectivity index (χ1n) is 11.0. The van der Waals surface area contributed by atoms with Crippen molar-refractivity contribution in [2.75, 3.05) is 42.3 Å². The van der Waals surface area contributed by atoms with Gasteiger partial charge >= 0.3 is 5.97 Å². The number of rotatable bonds is 7. The number of hydrogen-bond acceptors (Lipinski definition) is 5.